The Kier molecular flexibility index (Phi) is 5.44. The zero-order valence-corrected chi connectivity index (χ0v) is 17.6. The van der Waals surface area contributed by atoms with Crippen LogP contribution in [0.15, 0.2) is 42.6 Å². The summed E-state index contributed by atoms with van der Waals surface area (Å²) < 4.78 is 7.31. The molecule has 32 heavy (non-hydrogen) atoms. The van der Waals surface area contributed by atoms with Crippen LogP contribution in [-0.4, -0.2) is 69.7 Å². The third-order valence-electron chi connectivity index (χ3n) is 6.18. The first-order chi connectivity index (χ1) is 15.6. The molecule has 0 saturated carbocycles. The van der Waals surface area contributed by atoms with Gasteiger partial charge in [-0.15, -0.1) is 10.2 Å². The highest BCUT2D eigenvalue weighted by Crippen LogP contribution is 2.32. The molecule has 10 nitrogen and oxygen atoms in total. The van der Waals surface area contributed by atoms with Crippen molar-refractivity contribution in [2.24, 2.45) is 0 Å². The van der Waals surface area contributed by atoms with E-state index >= 15 is 0 Å². The minimum Gasteiger partial charge on any atom is -0.378 e. The quantitative estimate of drug-likeness (QED) is 0.457. The number of amides is 1. The van der Waals surface area contributed by atoms with Crippen LogP contribution >= 0.6 is 0 Å². The van der Waals surface area contributed by atoms with E-state index in [4.69, 9.17) is 4.74 Å². The molecule has 10 heteroatoms. The van der Waals surface area contributed by atoms with Gasteiger partial charge in [0, 0.05) is 49.9 Å². The molecule has 0 radical (unpaired) electrons. The predicted octanol–water partition coefficient (Wildman–Crippen LogP) is 2.49. The maximum Gasteiger partial charge on any atom is 0.293 e. The lowest BCUT2D eigenvalue weighted by molar-refractivity contribution is -0.384. The second kappa shape index (κ2) is 8.54. The molecule has 0 bridgehead atoms. The zero-order chi connectivity index (χ0) is 22.1. The summed E-state index contributed by atoms with van der Waals surface area (Å²) in [5.41, 5.74) is 1.59. The summed E-state index contributed by atoms with van der Waals surface area (Å²) in [6.45, 7) is 3.37. The molecule has 4 heterocycles. The average Bonchev–Trinajstić information content (AvgIpc) is 3.28. The number of hydrogen-bond acceptors (Lipinski definition) is 7. The first-order valence-corrected chi connectivity index (χ1v) is 10.8. The lowest BCUT2D eigenvalue weighted by Gasteiger charge is -2.32. The van der Waals surface area contributed by atoms with Gasteiger partial charge in [0.05, 0.1) is 18.1 Å². The Morgan fingerprint density at radius 3 is 2.78 bits per heavy atom. The van der Waals surface area contributed by atoms with Gasteiger partial charge in [0.15, 0.2) is 5.65 Å². The molecule has 2 saturated heterocycles. The number of likely N-dealkylation sites (tertiary alicyclic amines) is 1. The third kappa shape index (κ3) is 3.77. The molecule has 0 aliphatic carbocycles. The topological polar surface area (TPSA) is 106 Å². The number of anilines is 1. The molecule has 2 aliphatic heterocycles. The number of nitro groups is 1. The Labute approximate surface area is 184 Å². The predicted molar refractivity (Wildman–Crippen MR) is 117 cm³/mol. The van der Waals surface area contributed by atoms with Crippen LogP contribution in [0.1, 0.15) is 34.9 Å². The Morgan fingerprint density at radius 1 is 1.12 bits per heavy atom. The van der Waals surface area contributed by atoms with Gasteiger partial charge < -0.3 is 14.5 Å². The molecule has 1 amide bonds. The Hall–Kier alpha value is -3.53. The fourth-order valence-electron chi connectivity index (χ4n) is 4.57. The van der Waals surface area contributed by atoms with Gasteiger partial charge in [-0.1, -0.05) is 6.07 Å². The zero-order valence-electron chi connectivity index (χ0n) is 17.6. The van der Waals surface area contributed by atoms with Crippen molar-refractivity contribution in [1.82, 2.24) is 19.5 Å². The summed E-state index contributed by atoms with van der Waals surface area (Å²) in [6, 6.07) is 10.5. The van der Waals surface area contributed by atoms with E-state index in [1.807, 2.05) is 33.7 Å². The molecule has 5 rings (SSSR count). The van der Waals surface area contributed by atoms with E-state index in [0.29, 0.717) is 50.6 Å². The van der Waals surface area contributed by atoms with Gasteiger partial charge in [-0.05, 0) is 37.1 Å². The fourth-order valence-corrected chi connectivity index (χ4v) is 4.57. The monoisotopic (exact) mass is 436 g/mol. The van der Waals surface area contributed by atoms with E-state index in [2.05, 4.69) is 10.2 Å². The number of benzene rings is 1. The van der Waals surface area contributed by atoms with Gasteiger partial charge >= 0.3 is 0 Å². The molecule has 166 valence electrons. The fraction of sp³-hybridized carbons (Fsp3) is 0.409. The highest BCUT2D eigenvalue weighted by Gasteiger charge is 2.30. The Morgan fingerprint density at radius 2 is 1.97 bits per heavy atom. The Bertz CT molecular complexity index is 1160. The van der Waals surface area contributed by atoms with Gasteiger partial charge in [0.2, 0.25) is 0 Å². The maximum absolute atomic E-state index is 13.3. The van der Waals surface area contributed by atoms with Crippen LogP contribution in [0.25, 0.3) is 5.65 Å². The number of ether oxygens (including phenoxy) is 1. The molecular formula is C22H24N6O4. The first kappa shape index (κ1) is 20.4. The van der Waals surface area contributed by atoms with Crippen molar-refractivity contribution in [2.75, 3.05) is 44.3 Å². The number of morpholine rings is 1. The second-order valence-corrected chi connectivity index (χ2v) is 8.14. The average molecular weight is 436 g/mol. The molecule has 3 aromatic rings. The highest BCUT2D eigenvalue weighted by molar-refractivity contribution is 5.96. The van der Waals surface area contributed by atoms with Crippen LogP contribution in [0.4, 0.5) is 11.4 Å². The molecule has 0 spiro atoms. The van der Waals surface area contributed by atoms with Crippen LogP contribution in [-0.2, 0) is 4.74 Å². The van der Waals surface area contributed by atoms with Gasteiger partial charge in [-0.25, -0.2) is 0 Å². The summed E-state index contributed by atoms with van der Waals surface area (Å²) in [5.74, 6) is 0.708. The van der Waals surface area contributed by atoms with Gasteiger partial charge in [0.1, 0.15) is 11.5 Å². The highest BCUT2D eigenvalue weighted by atomic mass is 16.6. The molecule has 1 aromatic carbocycles. The van der Waals surface area contributed by atoms with E-state index in [-0.39, 0.29) is 17.5 Å². The normalized spacial score (nSPS) is 19.3. The molecule has 1 atom stereocenters. The van der Waals surface area contributed by atoms with Crippen molar-refractivity contribution in [3.05, 3.63) is 64.1 Å². The SMILES string of the molecule is O=C(c1ccc(N2CCOCC2)c([N+](=O)[O-])c1)N1CCCC(c2nnc3ccccn23)C1. The number of aromatic nitrogens is 3. The van der Waals surface area contributed by atoms with Crippen LogP contribution in [0.5, 0.6) is 0 Å². The summed E-state index contributed by atoms with van der Waals surface area (Å²) >= 11 is 0. The summed E-state index contributed by atoms with van der Waals surface area (Å²) in [4.78, 5) is 28.3. The van der Waals surface area contributed by atoms with Crippen LogP contribution in [0, 0.1) is 10.1 Å². The van der Waals surface area contributed by atoms with E-state index < -0.39 is 4.92 Å². The van der Waals surface area contributed by atoms with Gasteiger partial charge in [-0.3, -0.25) is 19.3 Å². The minimum absolute atomic E-state index is 0.0465. The van der Waals surface area contributed by atoms with E-state index in [1.165, 1.54) is 6.07 Å². The number of nitro benzene ring substituents is 1. The largest absolute Gasteiger partial charge is 0.378 e. The van der Waals surface area contributed by atoms with E-state index in [1.54, 1.807) is 17.0 Å². The van der Waals surface area contributed by atoms with Crippen molar-refractivity contribution in [1.29, 1.82) is 0 Å². The second-order valence-electron chi connectivity index (χ2n) is 8.14. The number of carbonyl (C=O) groups excluding carboxylic acids is 1. The summed E-state index contributed by atoms with van der Waals surface area (Å²) in [5, 5.41) is 20.3. The van der Waals surface area contributed by atoms with Crippen molar-refractivity contribution >= 4 is 22.9 Å². The van der Waals surface area contributed by atoms with Gasteiger partial charge in [-0.2, -0.15) is 0 Å². The van der Waals surface area contributed by atoms with Crippen molar-refractivity contribution < 1.29 is 14.5 Å². The van der Waals surface area contributed by atoms with Crippen molar-refractivity contribution in [3.8, 4) is 0 Å². The standard InChI is InChI=1S/C22H24N6O4/c29-22(16-6-7-18(19(14-16)28(30)31)25-10-12-32-13-11-25)26-8-3-4-17(15-26)21-24-23-20-5-1-2-9-27(20)21/h1-2,5-7,9,14,17H,3-4,8,10-13,15H2. The number of rotatable bonds is 4. The molecule has 2 aliphatic rings. The molecule has 0 N–H and O–H groups in total. The molecule has 1 unspecified atom stereocenters. The lowest BCUT2D eigenvalue weighted by atomic mass is 9.96. The number of pyridine rings is 1. The lowest BCUT2D eigenvalue weighted by Crippen LogP contribution is -2.39. The maximum atomic E-state index is 13.3. The van der Waals surface area contributed by atoms with E-state index in [9.17, 15) is 14.9 Å². The number of carbonyl (C=O) groups is 1. The number of nitrogens with zero attached hydrogens (tertiary/aromatic N) is 6. The number of hydrogen-bond donors (Lipinski definition) is 0. The van der Waals surface area contributed by atoms with Crippen LogP contribution in [0.2, 0.25) is 0 Å². The van der Waals surface area contributed by atoms with Crippen LogP contribution < -0.4 is 4.90 Å². The molecular weight excluding hydrogens is 412 g/mol. The molecule has 2 fully saturated rings. The Balaban J connectivity index is 1.38. The van der Waals surface area contributed by atoms with Crippen molar-refractivity contribution in [3.63, 3.8) is 0 Å². The third-order valence-corrected chi connectivity index (χ3v) is 6.18. The minimum atomic E-state index is -0.414. The first-order valence-electron chi connectivity index (χ1n) is 10.8. The molecule has 2 aromatic heterocycles. The smallest absolute Gasteiger partial charge is 0.293 e. The van der Waals surface area contributed by atoms with Gasteiger partial charge in [0.25, 0.3) is 11.6 Å². The van der Waals surface area contributed by atoms with E-state index in [0.717, 1.165) is 24.3 Å². The summed E-state index contributed by atoms with van der Waals surface area (Å²) in [6.07, 6.45) is 3.68. The summed E-state index contributed by atoms with van der Waals surface area (Å²) in [7, 11) is 0. The van der Waals surface area contributed by atoms with Crippen LogP contribution in [0.3, 0.4) is 0 Å². The van der Waals surface area contributed by atoms with Crippen molar-refractivity contribution in [2.45, 2.75) is 18.8 Å². The number of fused-ring (bicyclic) bond motifs is 1. The number of piperidine rings is 1.